The third-order valence-electron chi connectivity index (χ3n) is 2.66. The van der Waals surface area contributed by atoms with E-state index in [1.54, 1.807) is 13.0 Å². The lowest BCUT2D eigenvalue weighted by atomic mass is 9.98. The van der Waals surface area contributed by atoms with Crippen molar-refractivity contribution in [1.82, 2.24) is 4.98 Å². The third kappa shape index (κ3) is 2.31. The Kier molecular flexibility index (Phi) is 3.15. The van der Waals surface area contributed by atoms with Gasteiger partial charge in [-0.3, -0.25) is 4.98 Å². The minimum atomic E-state index is -0.758. The van der Waals surface area contributed by atoms with Gasteiger partial charge in [-0.15, -0.1) is 0 Å². The molecule has 1 atom stereocenters. The van der Waals surface area contributed by atoms with Crippen LogP contribution in [0.25, 0.3) is 0 Å². The van der Waals surface area contributed by atoms with E-state index in [0.717, 1.165) is 5.56 Å². The molecule has 2 aromatic rings. The Labute approximate surface area is 98.1 Å². The van der Waals surface area contributed by atoms with Gasteiger partial charge >= 0.3 is 0 Å². The number of hydrogen-bond donors (Lipinski definition) is 1. The fourth-order valence-corrected chi connectivity index (χ4v) is 1.72. The van der Waals surface area contributed by atoms with Gasteiger partial charge in [0.2, 0.25) is 0 Å². The molecule has 2 nitrogen and oxygen atoms in total. The van der Waals surface area contributed by atoms with Gasteiger partial charge in [0, 0.05) is 6.20 Å². The molecule has 0 saturated carbocycles. The molecule has 0 aliphatic carbocycles. The van der Waals surface area contributed by atoms with Crippen molar-refractivity contribution < 1.29 is 8.78 Å². The largest absolute Gasteiger partial charge is 0.319 e. The molecule has 88 valence electrons. The summed E-state index contributed by atoms with van der Waals surface area (Å²) in [4.78, 5) is 3.90. The SMILES string of the molecule is Cc1ccc(F)cc1C(N)c1ncccc1F. The fourth-order valence-electron chi connectivity index (χ4n) is 1.72. The standard InChI is InChI=1S/C13H12F2N2/c1-8-4-5-9(14)7-10(8)12(16)13-11(15)3-2-6-17-13/h2-7,12H,16H2,1H3. The number of aromatic nitrogens is 1. The maximum atomic E-state index is 13.5. The first kappa shape index (κ1) is 11.7. The van der Waals surface area contributed by atoms with Gasteiger partial charge in [0.15, 0.2) is 0 Å². The van der Waals surface area contributed by atoms with E-state index in [0.29, 0.717) is 5.56 Å². The highest BCUT2D eigenvalue weighted by molar-refractivity contribution is 5.34. The first-order valence-electron chi connectivity index (χ1n) is 5.21. The summed E-state index contributed by atoms with van der Waals surface area (Å²) in [6, 6.07) is 6.30. The number of rotatable bonds is 2. The maximum Gasteiger partial charge on any atom is 0.146 e. The number of nitrogens with zero attached hydrogens (tertiary/aromatic N) is 1. The summed E-state index contributed by atoms with van der Waals surface area (Å²) < 4.78 is 26.7. The van der Waals surface area contributed by atoms with Crippen LogP contribution >= 0.6 is 0 Å². The highest BCUT2D eigenvalue weighted by atomic mass is 19.1. The maximum absolute atomic E-state index is 13.5. The predicted molar refractivity (Wildman–Crippen MR) is 61.4 cm³/mol. The van der Waals surface area contributed by atoms with Crippen LogP contribution in [0.15, 0.2) is 36.5 Å². The lowest BCUT2D eigenvalue weighted by Crippen LogP contribution is -2.16. The molecule has 0 amide bonds. The minimum absolute atomic E-state index is 0.126. The van der Waals surface area contributed by atoms with E-state index < -0.39 is 17.7 Å². The lowest BCUT2D eigenvalue weighted by molar-refractivity contribution is 0.582. The molecule has 0 spiro atoms. The second kappa shape index (κ2) is 4.59. The Morgan fingerprint density at radius 3 is 2.71 bits per heavy atom. The molecule has 4 heteroatoms. The first-order chi connectivity index (χ1) is 8.09. The molecule has 2 rings (SSSR count). The molecule has 17 heavy (non-hydrogen) atoms. The van der Waals surface area contributed by atoms with Crippen LogP contribution in [-0.4, -0.2) is 4.98 Å². The number of nitrogens with two attached hydrogens (primary N) is 1. The van der Waals surface area contributed by atoms with Gasteiger partial charge in [-0.2, -0.15) is 0 Å². The van der Waals surface area contributed by atoms with Crippen LogP contribution < -0.4 is 5.73 Å². The Hall–Kier alpha value is -1.81. The number of aryl methyl sites for hydroxylation is 1. The number of hydrogen-bond acceptors (Lipinski definition) is 2. The van der Waals surface area contributed by atoms with Crippen LogP contribution in [0.2, 0.25) is 0 Å². The van der Waals surface area contributed by atoms with E-state index in [4.69, 9.17) is 5.73 Å². The number of benzene rings is 1. The smallest absolute Gasteiger partial charge is 0.146 e. The van der Waals surface area contributed by atoms with E-state index in [1.165, 1.54) is 30.5 Å². The van der Waals surface area contributed by atoms with Crippen molar-refractivity contribution in [1.29, 1.82) is 0 Å². The average Bonchev–Trinajstić information content (AvgIpc) is 2.32. The lowest BCUT2D eigenvalue weighted by Gasteiger charge is -2.14. The Morgan fingerprint density at radius 2 is 2.00 bits per heavy atom. The van der Waals surface area contributed by atoms with Crippen molar-refractivity contribution in [2.24, 2.45) is 5.73 Å². The Balaban J connectivity index is 2.47. The first-order valence-corrected chi connectivity index (χ1v) is 5.21. The van der Waals surface area contributed by atoms with Crippen LogP contribution in [0.4, 0.5) is 8.78 Å². The molecular weight excluding hydrogens is 222 g/mol. The zero-order valence-electron chi connectivity index (χ0n) is 9.32. The molecule has 1 aromatic heterocycles. The molecule has 1 heterocycles. The fraction of sp³-hybridized carbons (Fsp3) is 0.154. The van der Waals surface area contributed by atoms with Crippen LogP contribution in [-0.2, 0) is 0 Å². The predicted octanol–water partition coefficient (Wildman–Crippen LogP) is 2.72. The molecule has 0 aliphatic heterocycles. The van der Waals surface area contributed by atoms with E-state index in [1.807, 2.05) is 0 Å². The number of halogens is 2. The van der Waals surface area contributed by atoms with E-state index >= 15 is 0 Å². The van der Waals surface area contributed by atoms with Gasteiger partial charge in [-0.05, 0) is 42.3 Å². The Bertz CT molecular complexity index is 541. The second-order valence-electron chi connectivity index (χ2n) is 3.85. The summed E-state index contributed by atoms with van der Waals surface area (Å²) in [6.07, 6.45) is 1.47. The van der Waals surface area contributed by atoms with Crippen molar-refractivity contribution >= 4 is 0 Å². The normalized spacial score (nSPS) is 12.5. The summed E-state index contributed by atoms with van der Waals surface area (Å²) >= 11 is 0. The summed E-state index contributed by atoms with van der Waals surface area (Å²) in [7, 11) is 0. The molecular formula is C13H12F2N2. The Morgan fingerprint density at radius 1 is 1.24 bits per heavy atom. The van der Waals surface area contributed by atoms with Gasteiger partial charge in [-0.1, -0.05) is 6.07 Å². The molecule has 0 fully saturated rings. The highest BCUT2D eigenvalue weighted by Gasteiger charge is 2.17. The second-order valence-corrected chi connectivity index (χ2v) is 3.85. The molecule has 1 aromatic carbocycles. The summed E-state index contributed by atoms with van der Waals surface area (Å²) in [5.74, 6) is -0.874. The summed E-state index contributed by atoms with van der Waals surface area (Å²) in [6.45, 7) is 1.80. The van der Waals surface area contributed by atoms with Crippen LogP contribution in [0.3, 0.4) is 0 Å². The van der Waals surface area contributed by atoms with Crippen molar-refractivity contribution in [3.63, 3.8) is 0 Å². The van der Waals surface area contributed by atoms with Gasteiger partial charge in [0.25, 0.3) is 0 Å². The zero-order chi connectivity index (χ0) is 12.4. The van der Waals surface area contributed by atoms with Crippen LogP contribution in [0.5, 0.6) is 0 Å². The van der Waals surface area contributed by atoms with E-state index in [9.17, 15) is 8.78 Å². The molecule has 0 bridgehead atoms. The molecule has 0 radical (unpaired) electrons. The minimum Gasteiger partial charge on any atom is -0.319 e. The number of pyridine rings is 1. The highest BCUT2D eigenvalue weighted by Crippen LogP contribution is 2.23. The molecule has 0 aliphatic rings. The summed E-state index contributed by atoms with van der Waals surface area (Å²) in [5.41, 5.74) is 7.40. The summed E-state index contributed by atoms with van der Waals surface area (Å²) in [5, 5.41) is 0. The quantitative estimate of drug-likeness (QED) is 0.867. The van der Waals surface area contributed by atoms with Gasteiger partial charge < -0.3 is 5.73 Å². The van der Waals surface area contributed by atoms with Gasteiger partial charge in [0.05, 0.1) is 11.7 Å². The molecule has 0 saturated heterocycles. The monoisotopic (exact) mass is 234 g/mol. The van der Waals surface area contributed by atoms with Gasteiger partial charge in [0.1, 0.15) is 11.6 Å². The van der Waals surface area contributed by atoms with Crippen molar-refractivity contribution in [3.05, 3.63) is 65.0 Å². The topological polar surface area (TPSA) is 38.9 Å². The van der Waals surface area contributed by atoms with E-state index in [-0.39, 0.29) is 5.69 Å². The molecule has 1 unspecified atom stereocenters. The molecule has 2 N–H and O–H groups in total. The van der Waals surface area contributed by atoms with Crippen molar-refractivity contribution in [2.75, 3.05) is 0 Å². The average molecular weight is 234 g/mol. The zero-order valence-corrected chi connectivity index (χ0v) is 9.32. The van der Waals surface area contributed by atoms with Crippen LogP contribution in [0, 0.1) is 18.6 Å². The van der Waals surface area contributed by atoms with Gasteiger partial charge in [-0.25, -0.2) is 8.78 Å². The van der Waals surface area contributed by atoms with E-state index in [2.05, 4.69) is 4.98 Å². The third-order valence-corrected chi connectivity index (χ3v) is 2.66. The van der Waals surface area contributed by atoms with Crippen molar-refractivity contribution in [2.45, 2.75) is 13.0 Å². The van der Waals surface area contributed by atoms with Crippen LogP contribution in [0.1, 0.15) is 22.9 Å². The van der Waals surface area contributed by atoms with Crippen molar-refractivity contribution in [3.8, 4) is 0 Å².